The average Bonchev–Trinajstić information content (AvgIpc) is 2.14. The summed E-state index contributed by atoms with van der Waals surface area (Å²) < 4.78 is 5.82. The number of rotatable bonds is 3. The lowest BCUT2D eigenvalue weighted by molar-refractivity contribution is 0.265. The average molecular weight is 221 g/mol. The minimum Gasteiger partial charge on any atom is -0.493 e. The Bertz CT molecular complexity index is 350. The Labute approximate surface area is 98.8 Å². The number of hydrogen-bond donors (Lipinski definition) is 1. The van der Waals surface area contributed by atoms with E-state index in [1.807, 2.05) is 18.2 Å². The van der Waals surface area contributed by atoms with Gasteiger partial charge in [-0.05, 0) is 29.5 Å². The van der Waals surface area contributed by atoms with Crippen molar-refractivity contribution in [2.24, 2.45) is 5.92 Å². The first kappa shape index (κ1) is 12.9. The van der Waals surface area contributed by atoms with E-state index in [2.05, 4.69) is 34.6 Å². The summed E-state index contributed by atoms with van der Waals surface area (Å²) in [5.41, 5.74) is 7.85. The molecule has 0 aliphatic heterocycles. The highest BCUT2D eigenvalue weighted by atomic mass is 16.5. The second-order valence-corrected chi connectivity index (χ2v) is 5.71. The molecule has 2 nitrogen and oxygen atoms in total. The molecule has 0 spiro atoms. The van der Waals surface area contributed by atoms with Crippen LogP contribution in [0.15, 0.2) is 18.2 Å². The Kier molecular flexibility index (Phi) is 3.84. The predicted octanol–water partition coefficient (Wildman–Crippen LogP) is 3.60. The van der Waals surface area contributed by atoms with Crippen LogP contribution in [0.4, 0.5) is 5.69 Å². The zero-order valence-corrected chi connectivity index (χ0v) is 11.0. The van der Waals surface area contributed by atoms with Crippen molar-refractivity contribution in [1.82, 2.24) is 0 Å². The molecule has 1 rings (SSSR count). The molecule has 1 aromatic carbocycles. The Hall–Kier alpha value is -1.18. The van der Waals surface area contributed by atoms with Gasteiger partial charge in [0.15, 0.2) is 0 Å². The van der Waals surface area contributed by atoms with Crippen LogP contribution in [0.2, 0.25) is 0 Å². The minimum absolute atomic E-state index is 0.0572. The Morgan fingerprint density at radius 3 is 2.38 bits per heavy atom. The predicted molar refractivity (Wildman–Crippen MR) is 69.9 cm³/mol. The highest BCUT2D eigenvalue weighted by molar-refractivity contribution is 5.50. The summed E-state index contributed by atoms with van der Waals surface area (Å²) in [4.78, 5) is 0. The number of nitrogens with two attached hydrogens (primary N) is 1. The SMILES string of the molecule is CC(C)COc1ccc(N)cc1C(C)(C)C. The van der Waals surface area contributed by atoms with Gasteiger partial charge in [-0.15, -0.1) is 0 Å². The molecule has 16 heavy (non-hydrogen) atoms. The molecule has 2 heteroatoms. The molecule has 0 amide bonds. The van der Waals surface area contributed by atoms with E-state index in [-0.39, 0.29) is 5.41 Å². The highest BCUT2D eigenvalue weighted by Crippen LogP contribution is 2.33. The number of anilines is 1. The van der Waals surface area contributed by atoms with E-state index in [1.165, 1.54) is 5.56 Å². The maximum Gasteiger partial charge on any atom is 0.123 e. The van der Waals surface area contributed by atoms with Gasteiger partial charge in [-0.3, -0.25) is 0 Å². The Balaban J connectivity index is 2.99. The maximum absolute atomic E-state index is 5.82. The van der Waals surface area contributed by atoms with Gasteiger partial charge < -0.3 is 10.5 Å². The maximum atomic E-state index is 5.82. The smallest absolute Gasteiger partial charge is 0.123 e. The Morgan fingerprint density at radius 2 is 1.88 bits per heavy atom. The molecule has 0 saturated heterocycles. The molecule has 0 radical (unpaired) electrons. The minimum atomic E-state index is 0.0572. The van der Waals surface area contributed by atoms with Crippen molar-refractivity contribution in [1.29, 1.82) is 0 Å². The van der Waals surface area contributed by atoms with Gasteiger partial charge in [0.05, 0.1) is 6.61 Å². The van der Waals surface area contributed by atoms with E-state index in [1.54, 1.807) is 0 Å². The van der Waals surface area contributed by atoms with E-state index in [4.69, 9.17) is 10.5 Å². The van der Waals surface area contributed by atoms with Gasteiger partial charge in [0.1, 0.15) is 5.75 Å². The van der Waals surface area contributed by atoms with Crippen LogP contribution in [-0.2, 0) is 5.41 Å². The van der Waals surface area contributed by atoms with E-state index in [0.29, 0.717) is 5.92 Å². The van der Waals surface area contributed by atoms with Gasteiger partial charge in [0, 0.05) is 11.3 Å². The van der Waals surface area contributed by atoms with Crippen molar-refractivity contribution in [3.8, 4) is 5.75 Å². The second-order valence-electron chi connectivity index (χ2n) is 5.71. The third kappa shape index (κ3) is 3.44. The van der Waals surface area contributed by atoms with Gasteiger partial charge in [0.2, 0.25) is 0 Å². The molecule has 0 unspecified atom stereocenters. The lowest BCUT2D eigenvalue weighted by Crippen LogP contribution is -2.15. The molecule has 0 aromatic heterocycles. The first-order valence-corrected chi connectivity index (χ1v) is 5.83. The van der Waals surface area contributed by atoms with Gasteiger partial charge >= 0.3 is 0 Å². The van der Waals surface area contributed by atoms with Crippen molar-refractivity contribution < 1.29 is 4.74 Å². The molecule has 1 aromatic rings. The summed E-state index contributed by atoms with van der Waals surface area (Å²) >= 11 is 0. The van der Waals surface area contributed by atoms with E-state index in [0.717, 1.165) is 18.0 Å². The third-order valence-corrected chi connectivity index (χ3v) is 2.38. The van der Waals surface area contributed by atoms with Crippen LogP contribution in [0.5, 0.6) is 5.75 Å². The summed E-state index contributed by atoms with van der Waals surface area (Å²) in [6, 6.07) is 5.87. The van der Waals surface area contributed by atoms with Crippen molar-refractivity contribution in [3.63, 3.8) is 0 Å². The first-order valence-electron chi connectivity index (χ1n) is 5.83. The summed E-state index contributed by atoms with van der Waals surface area (Å²) in [5, 5.41) is 0. The highest BCUT2D eigenvalue weighted by Gasteiger charge is 2.19. The van der Waals surface area contributed by atoms with Crippen LogP contribution in [0.3, 0.4) is 0 Å². The van der Waals surface area contributed by atoms with E-state index < -0.39 is 0 Å². The monoisotopic (exact) mass is 221 g/mol. The third-order valence-electron chi connectivity index (χ3n) is 2.38. The van der Waals surface area contributed by atoms with Crippen LogP contribution in [0.1, 0.15) is 40.2 Å². The van der Waals surface area contributed by atoms with Crippen LogP contribution in [-0.4, -0.2) is 6.61 Å². The van der Waals surface area contributed by atoms with Crippen LogP contribution in [0, 0.1) is 5.92 Å². The molecule has 0 bridgehead atoms. The van der Waals surface area contributed by atoms with Gasteiger partial charge in [0.25, 0.3) is 0 Å². The fourth-order valence-electron chi connectivity index (χ4n) is 1.52. The molecule has 0 saturated carbocycles. The van der Waals surface area contributed by atoms with Crippen LogP contribution >= 0.6 is 0 Å². The normalized spacial score (nSPS) is 11.9. The van der Waals surface area contributed by atoms with E-state index >= 15 is 0 Å². The quantitative estimate of drug-likeness (QED) is 0.791. The summed E-state index contributed by atoms with van der Waals surface area (Å²) in [5.74, 6) is 1.49. The van der Waals surface area contributed by atoms with Crippen LogP contribution in [0.25, 0.3) is 0 Å². The fraction of sp³-hybridized carbons (Fsp3) is 0.571. The first-order chi connectivity index (χ1) is 7.30. The summed E-state index contributed by atoms with van der Waals surface area (Å²) in [6.07, 6.45) is 0. The topological polar surface area (TPSA) is 35.2 Å². The lowest BCUT2D eigenvalue weighted by Gasteiger charge is -2.23. The van der Waals surface area contributed by atoms with Gasteiger partial charge in [-0.25, -0.2) is 0 Å². The largest absolute Gasteiger partial charge is 0.493 e. The molecule has 0 fully saturated rings. The van der Waals surface area contributed by atoms with Crippen molar-refractivity contribution in [3.05, 3.63) is 23.8 Å². The zero-order valence-electron chi connectivity index (χ0n) is 11.0. The number of nitrogen functional groups attached to an aromatic ring is 1. The number of ether oxygens (including phenoxy) is 1. The fourth-order valence-corrected chi connectivity index (χ4v) is 1.52. The molecule has 90 valence electrons. The summed E-state index contributed by atoms with van der Waals surface area (Å²) in [6.45, 7) is 11.5. The van der Waals surface area contributed by atoms with Gasteiger partial charge in [-0.1, -0.05) is 34.6 Å². The van der Waals surface area contributed by atoms with Crippen molar-refractivity contribution in [2.45, 2.75) is 40.0 Å². The zero-order chi connectivity index (χ0) is 12.3. The number of benzene rings is 1. The molecule has 2 N–H and O–H groups in total. The van der Waals surface area contributed by atoms with E-state index in [9.17, 15) is 0 Å². The molecule has 0 aliphatic rings. The second kappa shape index (κ2) is 4.77. The van der Waals surface area contributed by atoms with Gasteiger partial charge in [-0.2, -0.15) is 0 Å². The molecule has 0 atom stereocenters. The van der Waals surface area contributed by atoms with Crippen molar-refractivity contribution >= 4 is 5.69 Å². The summed E-state index contributed by atoms with van der Waals surface area (Å²) in [7, 11) is 0. The molecule has 0 aliphatic carbocycles. The molecular weight excluding hydrogens is 198 g/mol. The number of hydrogen-bond acceptors (Lipinski definition) is 2. The van der Waals surface area contributed by atoms with Crippen LogP contribution < -0.4 is 10.5 Å². The lowest BCUT2D eigenvalue weighted by atomic mass is 9.86. The molecule has 0 heterocycles. The van der Waals surface area contributed by atoms with Crippen molar-refractivity contribution in [2.75, 3.05) is 12.3 Å². The molecular formula is C14H23NO. The Morgan fingerprint density at radius 1 is 1.25 bits per heavy atom. The standard InChI is InChI=1S/C14H23NO/c1-10(2)9-16-13-7-6-11(15)8-12(13)14(3,4)5/h6-8,10H,9,15H2,1-5H3.